The van der Waals surface area contributed by atoms with E-state index in [0.717, 1.165) is 0 Å². The molecule has 1 rings (SSSR count). The van der Waals surface area contributed by atoms with Gasteiger partial charge in [-0.1, -0.05) is 0 Å². The Kier molecular flexibility index (Phi) is 6.53. The fourth-order valence-electron chi connectivity index (χ4n) is 2.13. The van der Waals surface area contributed by atoms with Crippen molar-refractivity contribution in [1.82, 2.24) is 10.2 Å². The van der Waals surface area contributed by atoms with Gasteiger partial charge in [-0.25, -0.2) is 0 Å². The van der Waals surface area contributed by atoms with Crippen LogP contribution in [0.1, 0.15) is 19.3 Å². The molecule has 21 heavy (non-hydrogen) atoms. The number of hydrogen-bond acceptors (Lipinski definition) is 6. The highest BCUT2D eigenvalue weighted by atomic mass is 16.4. The Morgan fingerprint density at radius 1 is 1.19 bits per heavy atom. The van der Waals surface area contributed by atoms with Crippen molar-refractivity contribution in [3.63, 3.8) is 0 Å². The molecule has 0 radical (unpaired) electrons. The second-order valence-electron chi connectivity index (χ2n) is 5.05. The average Bonchev–Trinajstić information content (AvgIpc) is 2.34. The summed E-state index contributed by atoms with van der Waals surface area (Å²) in [6.07, 6.45) is 0.954. The highest BCUT2D eigenvalue weighted by molar-refractivity contribution is 5.75. The first-order valence-corrected chi connectivity index (χ1v) is 6.74. The molecule has 0 spiro atoms. The Morgan fingerprint density at radius 2 is 1.86 bits per heavy atom. The molecule has 1 fully saturated rings. The van der Waals surface area contributed by atoms with E-state index in [-0.39, 0.29) is 19.4 Å². The molecule has 1 aliphatic rings. The van der Waals surface area contributed by atoms with Crippen LogP contribution in [0, 0.1) is 0 Å². The fraction of sp³-hybridized carbons (Fsp3) is 0.750. The molecule has 0 aromatic heterocycles. The van der Waals surface area contributed by atoms with Gasteiger partial charge in [-0.05, 0) is 25.8 Å². The van der Waals surface area contributed by atoms with Gasteiger partial charge >= 0.3 is 17.9 Å². The zero-order valence-corrected chi connectivity index (χ0v) is 11.6. The van der Waals surface area contributed by atoms with E-state index >= 15 is 0 Å². The number of carbonyl (C=O) groups is 3. The molecule has 120 valence electrons. The predicted octanol–water partition coefficient (Wildman–Crippen LogP) is -1.62. The number of carboxylic acids is 3. The Balaban J connectivity index is 2.32. The van der Waals surface area contributed by atoms with Crippen molar-refractivity contribution < 1.29 is 29.7 Å². The van der Waals surface area contributed by atoms with Crippen LogP contribution in [-0.4, -0.2) is 75.9 Å². The van der Waals surface area contributed by atoms with Crippen LogP contribution in [0.5, 0.6) is 0 Å². The summed E-state index contributed by atoms with van der Waals surface area (Å²) >= 11 is 0. The van der Waals surface area contributed by atoms with Gasteiger partial charge in [-0.2, -0.15) is 0 Å². The third-order valence-electron chi connectivity index (χ3n) is 3.58. The molecule has 0 saturated carbocycles. The van der Waals surface area contributed by atoms with Gasteiger partial charge in [0, 0.05) is 13.1 Å². The normalized spacial score (nSPS) is 21.3. The predicted molar refractivity (Wildman–Crippen MR) is 71.9 cm³/mol. The van der Waals surface area contributed by atoms with Gasteiger partial charge in [-0.3, -0.25) is 19.3 Å². The summed E-state index contributed by atoms with van der Waals surface area (Å²) in [4.78, 5) is 34.2. The Labute approximate surface area is 121 Å². The molecule has 0 bridgehead atoms. The maximum Gasteiger partial charge on any atom is 0.320 e. The van der Waals surface area contributed by atoms with Gasteiger partial charge in [0.15, 0.2) is 0 Å². The Hall–Kier alpha value is -1.71. The largest absolute Gasteiger partial charge is 0.480 e. The highest BCUT2D eigenvalue weighted by Gasteiger charge is 2.34. The molecule has 0 aromatic carbocycles. The molecule has 0 amide bonds. The van der Waals surface area contributed by atoms with Crippen LogP contribution in [0.3, 0.4) is 0 Å². The second-order valence-corrected chi connectivity index (χ2v) is 5.05. The van der Waals surface area contributed by atoms with Crippen LogP contribution in [0.2, 0.25) is 0 Å². The summed E-state index contributed by atoms with van der Waals surface area (Å²) in [5.74, 6) is -3.08. The number of hydrogen-bond donors (Lipinski definition) is 5. The third kappa shape index (κ3) is 5.29. The van der Waals surface area contributed by atoms with E-state index in [1.54, 1.807) is 4.90 Å². The Morgan fingerprint density at radius 3 is 2.29 bits per heavy atom. The number of rotatable bonds is 10. The van der Waals surface area contributed by atoms with E-state index < -0.39 is 36.0 Å². The average molecular weight is 303 g/mol. The van der Waals surface area contributed by atoms with Crippen molar-refractivity contribution in [2.45, 2.75) is 37.4 Å². The van der Waals surface area contributed by atoms with Crippen LogP contribution in [0.4, 0.5) is 0 Å². The van der Waals surface area contributed by atoms with Crippen molar-refractivity contribution in [2.75, 3.05) is 19.6 Å². The van der Waals surface area contributed by atoms with Gasteiger partial charge in [0.2, 0.25) is 0 Å². The minimum absolute atomic E-state index is 0.126. The minimum Gasteiger partial charge on any atom is -0.480 e. The van der Waals surface area contributed by atoms with Gasteiger partial charge in [0.25, 0.3) is 0 Å². The number of nitrogens with two attached hydrogens (primary N) is 1. The van der Waals surface area contributed by atoms with Crippen molar-refractivity contribution in [3.05, 3.63) is 0 Å². The lowest BCUT2D eigenvalue weighted by molar-refractivity contribution is -0.148. The fourth-order valence-corrected chi connectivity index (χ4v) is 2.13. The molecule has 0 aliphatic carbocycles. The number of carboxylic acid groups (broad SMARTS) is 3. The van der Waals surface area contributed by atoms with Crippen LogP contribution >= 0.6 is 0 Å². The first-order chi connectivity index (χ1) is 9.82. The van der Waals surface area contributed by atoms with Gasteiger partial charge in [-0.15, -0.1) is 0 Å². The summed E-state index contributed by atoms with van der Waals surface area (Å²) in [7, 11) is 0. The molecule has 1 unspecified atom stereocenters. The van der Waals surface area contributed by atoms with Crippen LogP contribution in [-0.2, 0) is 14.4 Å². The number of nitrogens with one attached hydrogen (secondary N) is 1. The van der Waals surface area contributed by atoms with E-state index in [9.17, 15) is 14.4 Å². The second kappa shape index (κ2) is 7.91. The summed E-state index contributed by atoms with van der Waals surface area (Å²) in [6, 6.07) is -2.40. The molecule has 3 atom stereocenters. The zero-order valence-electron chi connectivity index (χ0n) is 11.6. The SMILES string of the molecule is N[C@@H](CCN[C@@H](CCN1CCC1C(=O)O)C(=O)O)C(=O)O. The van der Waals surface area contributed by atoms with E-state index in [1.807, 2.05) is 0 Å². The summed E-state index contributed by atoms with van der Waals surface area (Å²) < 4.78 is 0. The molecular formula is C12H21N3O6. The minimum atomic E-state index is -1.13. The smallest absolute Gasteiger partial charge is 0.320 e. The summed E-state index contributed by atoms with van der Waals surface area (Å²) in [5, 5.41) is 29.3. The lowest BCUT2D eigenvalue weighted by Gasteiger charge is -2.38. The molecule has 1 heterocycles. The lowest BCUT2D eigenvalue weighted by Crippen LogP contribution is -2.54. The Bertz CT molecular complexity index is 402. The molecule has 1 aliphatic heterocycles. The van der Waals surface area contributed by atoms with E-state index in [4.69, 9.17) is 21.1 Å². The van der Waals surface area contributed by atoms with Crippen molar-refractivity contribution in [3.8, 4) is 0 Å². The maximum absolute atomic E-state index is 11.1. The topological polar surface area (TPSA) is 153 Å². The number of nitrogens with zero attached hydrogens (tertiary/aromatic N) is 1. The lowest BCUT2D eigenvalue weighted by atomic mass is 10.0. The van der Waals surface area contributed by atoms with Crippen LogP contribution in [0.25, 0.3) is 0 Å². The first-order valence-electron chi connectivity index (χ1n) is 6.74. The molecule has 0 aromatic rings. The molecule has 6 N–H and O–H groups in total. The highest BCUT2D eigenvalue weighted by Crippen LogP contribution is 2.17. The van der Waals surface area contributed by atoms with Gasteiger partial charge in [0.1, 0.15) is 18.1 Å². The third-order valence-corrected chi connectivity index (χ3v) is 3.58. The van der Waals surface area contributed by atoms with Crippen LogP contribution < -0.4 is 11.1 Å². The van der Waals surface area contributed by atoms with Crippen LogP contribution in [0.15, 0.2) is 0 Å². The van der Waals surface area contributed by atoms with Crippen molar-refractivity contribution in [2.24, 2.45) is 5.73 Å². The number of aliphatic carboxylic acids is 3. The van der Waals surface area contributed by atoms with Crippen molar-refractivity contribution >= 4 is 17.9 Å². The molecule has 9 nitrogen and oxygen atoms in total. The van der Waals surface area contributed by atoms with E-state index in [2.05, 4.69) is 5.32 Å². The maximum atomic E-state index is 11.1. The summed E-state index contributed by atoms with van der Waals surface area (Å²) in [6.45, 7) is 1.19. The molecule has 1 saturated heterocycles. The number of likely N-dealkylation sites (tertiary alicyclic amines) is 1. The zero-order chi connectivity index (χ0) is 16.0. The standard InChI is InChI=1S/C12H21N3O6/c13-7(10(16)17)1-4-14-8(11(18)19)2-5-15-6-3-9(15)12(20)21/h7-9,14H,1-6,13H2,(H,16,17)(H,18,19)(H,20,21)/t7-,8-,9?/m0/s1. The first kappa shape index (κ1) is 17.3. The monoisotopic (exact) mass is 303 g/mol. The van der Waals surface area contributed by atoms with E-state index in [0.29, 0.717) is 19.5 Å². The summed E-state index contributed by atoms with van der Waals surface area (Å²) in [5.41, 5.74) is 5.32. The van der Waals surface area contributed by atoms with Gasteiger partial charge < -0.3 is 26.4 Å². The molecular weight excluding hydrogens is 282 g/mol. The van der Waals surface area contributed by atoms with E-state index in [1.165, 1.54) is 0 Å². The van der Waals surface area contributed by atoms with Gasteiger partial charge in [0.05, 0.1) is 0 Å². The quantitative estimate of drug-likeness (QED) is 0.320. The van der Waals surface area contributed by atoms with Crippen molar-refractivity contribution in [1.29, 1.82) is 0 Å². The molecule has 9 heteroatoms.